The Balaban J connectivity index is 3.03. The van der Waals surface area contributed by atoms with E-state index in [-0.39, 0.29) is 21.5 Å². The van der Waals surface area contributed by atoms with Crippen molar-refractivity contribution in [2.45, 2.75) is 44.0 Å². The summed E-state index contributed by atoms with van der Waals surface area (Å²) in [4.78, 5) is 11.7. The molecule has 22 heavy (non-hydrogen) atoms. The van der Waals surface area contributed by atoms with Crippen molar-refractivity contribution >= 4 is 39.2 Å². The molecule has 0 heterocycles. The lowest BCUT2D eigenvalue weighted by Gasteiger charge is -2.17. The van der Waals surface area contributed by atoms with E-state index in [0.29, 0.717) is 12.8 Å². The fourth-order valence-electron chi connectivity index (χ4n) is 1.81. The maximum atomic E-state index is 12.4. The van der Waals surface area contributed by atoms with Crippen LogP contribution in [0.5, 0.6) is 0 Å². The van der Waals surface area contributed by atoms with Crippen LogP contribution in [0.4, 0.5) is 0 Å². The second-order valence-corrected chi connectivity index (χ2v) is 7.17. The molecule has 0 radical (unpaired) electrons. The van der Waals surface area contributed by atoms with Crippen molar-refractivity contribution in [1.82, 2.24) is 4.72 Å². The van der Waals surface area contributed by atoms with Crippen molar-refractivity contribution in [1.29, 1.82) is 0 Å². The lowest BCUT2D eigenvalue weighted by molar-refractivity contribution is -0.145. The molecule has 1 atom stereocenters. The Morgan fingerprint density at radius 2 is 2.00 bits per heavy atom. The normalized spacial score (nSPS) is 12.9. The summed E-state index contributed by atoms with van der Waals surface area (Å²) in [6, 6.07) is 3.18. The van der Waals surface area contributed by atoms with E-state index in [9.17, 15) is 13.2 Å². The molecule has 0 spiro atoms. The second-order valence-electron chi connectivity index (χ2n) is 4.64. The Labute approximate surface area is 141 Å². The van der Waals surface area contributed by atoms with Gasteiger partial charge < -0.3 is 4.74 Å². The van der Waals surface area contributed by atoms with Crippen molar-refractivity contribution in [2.24, 2.45) is 0 Å². The van der Waals surface area contributed by atoms with Gasteiger partial charge in [0.25, 0.3) is 0 Å². The van der Waals surface area contributed by atoms with Crippen LogP contribution in [0.15, 0.2) is 23.1 Å². The quantitative estimate of drug-likeness (QED) is 0.714. The number of nitrogens with one attached hydrogen (secondary N) is 1. The van der Waals surface area contributed by atoms with E-state index in [2.05, 4.69) is 4.72 Å². The number of hydrogen-bond donors (Lipinski definition) is 1. The lowest BCUT2D eigenvalue weighted by atomic mass is 10.1. The zero-order valence-corrected chi connectivity index (χ0v) is 14.8. The van der Waals surface area contributed by atoms with Crippen LogP contribution in [0.2, 0.25) is 10.0 Å². The Morgan fingerprint density at radius 3 is 2.59 bits per heavy atom. The Hall–Kier alpha value is -0.820. The summed E-state index contributed by atoms with van der Waals surface area (Å²) in [5.74, 6) is -0.599. The minimum atomic E-state index is -3.97. The molecule has 1 unspecified atom stereocenters. The third-order valence-electron chi connectivity index (χ3n) is 2.90. The highest BCUT2D eigenvalue weighted by molar-refractivity contribution is 7.89. The number of halogens is 2. The van der Waals surface area contributed by atoms with Gasteiger partial charge in [0.15, 0.2) is 0 Å². The third kappa shape index (κ3) is 5.43. The van der Waals surface area contributed by atoms with Crippen LogP contribution in [0, 0.1) is 0 Å². The Morgan fingerprint density at radius 1 is 1.32 bits per heavy atom. The zero-order chi connectivity index (χ0) is 16.8. The molecule has 1 N–H and O–H groups in total. The number of sulfonamides is 1. The van der Waals surface area contributed by atoms with Gasteiger partial charge in [-0.1, -0.05) is 43.0 Å². The summed E-state index contributed by atoms with van der Waals surface area (Å²) >= 11 is 11.7. The molecule has 1 aromatic rings. The Bertz CT molecular complexity index is 619. The van der Waals surface area contributed by atoms with Gasteiger partial charge in [-0.15, -0.1) is 0 Å². The summed E-state index contributed by atoms with van der Waals surface area (Å²) in [5.41, 5.74) is 0. The topological polar surface area (TPSA) is 72.5 Å². The second kappa shape index (κ2) is 8.72. The van der Waals surface area contributed by atoms with Crippen LogP contribution >= 0.6 is 23.2 Å². The van der Waals surface area contributed by atoms with E-state index in [1.807, 2.05) is 6.92 Å². The number of ether oxygens (including phenoxy) is 1. The largest absolute Gasteiger partial charge is 0.465 e. The first-order valence-electron chi connectivity index (χ1n) is 6.95. The van der Waals surface area contributed by atoms with Gasteiger partial charge in [0.1, 0.15) is 10.9 Å². The van der Waals surface area contributed by atoms with Crippen LogP contribution < -0.4 is 4.72 Å². The SMILES string of the molecule is CCCCC(NS(=O)(=O)c1cc(Cl)ccc1Cl)C(=O)OCC. The highest BCUT2D eigenvalue weighted by atomic mass is 35.5. The van der Waals surface area contributed by atoms with Crippen molar-refractivity contribution in [3.05, 3.63) is 28.2 Å². The highest BCUT2D eigenvalue weighted by Crippen LogP contribution is 2.25. The van der Waals surface area contributed by atoms with Gasteiger partial charge in [-0.25, -0.2) is 8.42 Å². The van der Waals surface area contributed by atoms with E-state index in [1.54, 1.807) is 6.92 Å². The predicted octanol–water partition coefficient (Wildman–Crippen LogP) is 3.39. The summed E-state index contributed by atoms with van der Waals surface area (Å²) in [7, 11) is -3.97. The molecular formula is C14H19Cl2NO4S. The molecule has 124 valence electrons. The van der Waals surface area contributed by atoms with Crippen molar-refractivity contribution in [3.8, 4) is 0 Å². The first-order valence-corrected chi connectivity index (χ1v) is 9.19. The molecule has 8 heteroatoms. The number of unbranched alkanes of at least 4 members (excludes halogenated alkanes) is 1. The minimum absolute atomic E-state index is 0.0370. The summed E-state index contributed by atoms with van der Waals surface area (Å²) in [6.07, 6.45) is 1.87. The lowest BCUT2D eigenvalue weighted by Crippen LogP contribution is -2.41. The van der Waals surface area contributed by atoms with Gasteiger partial charge in [0, 0.05) is 5.02 Å². The number of benzene rings is 1. The third-order valence-corrected chi connectivity index (χ3v) is 5.09. The van der Waals surface area contributed by atoms with Crippen LogP contribution in [0.25, 0.3) is 0 Å². The van der Waals surface area contributed by atoms with Gasteiger partial charge in [0.05, 0.1) is 11.6 Å². The van der Waals surface area contributed by atoms with E-state index in [0.717, 1.165) is 6.42 Å². The van der Waals surface area contributed by atoms with Crippen LogP contribution in [-0.2, 0) is 19.6 Å². The average Bonchev–Trinajstić information content (AvgIpc) is 2.46. The number of carbonyl (C=O) groups excluding carboxylic acids is 1. The average molecular weight is 368 g/mol. The first-order chi connectivity index (χ1) is 10.3. The van der Waals surface area contributed by atoms with Gasteiger partial charge >= 0.3 is 5.97 Å². The summed E-state index contributed by atoms with van der Waals surface area (Å²) in [5, 5.41) is 0.279. The molecule has 0 aromatic heterocycles. The number of hydrogen-bond acceptors (Lipinski definition) is 4. The number of esters is 1. The molecule has 0 aliphatic heterocycles. The van der Waals surface area contributed by atoms with E-state index in [1.165, 1.54) is 18.2 Å². The van der Waals surface area contributed by atoms with Gasteiger partial charge in [-0.3, -0.25) is 4.79 Å². The van der Waals surface area contributed by atoms with Gasteiger partial charge in [-0.2, -0.15) is 4.72 Å². The van der Waals surface area contributed by atoms with E-state index < -0.39 is 22.0 Å². The number of carbonyl (C=O) groups is 1. The van der Waals surface area contributed by atoms with Crippen LogP contribution in [0.3, 0.4) is 0 Å². The van der Waals surface area contributed by atoms with Crippen LogP contribution in [-0.4, -0.2) is 27.0 Å². The van der Waals surface area contributed by atoms with Crippen molar-refractivity contribution in [3.63, 3.8) is 0 Å². The fraction of sp³-hybridized carbons (Fsp3) is 0.500. The maximum Gasteiger partial charge on any atom is 0.324 e. The summed E-state index contributed by atoms with van der Waals surface area (Å²) < 4.78 is 32.1. The van der Waals surface area contributed by atoms with Crippen molar-refractivity contribution in [2.75, 3.05) is 6.61 Å². The molecule has 0 saturated heterocycles. The van der Waals surface area contributed by atoms with Gasteiger partial charge in [0.2, 0.25) is 10.0 Å². The van der Waals surface area contributed by atoms with Crippen molar-refractivity contribution < 1.29 is 17.9 Å². The standard InChI is InChI=1S/C14H19Cl2NO4S/c1-3-5-6-12(14(18)21-4-2)17-22(19,20)13-9-10(15)7-8-11(13)16/h7-9,12,17H,3-6H2,1-2H3. The fourth-order valence-corrected chi connectivity index (χ4v) is 3.79. The molecule has 0 saturated carbocycles. The molecule has 0 amide bonds. The smallest absolute Gasteiger partial charge is 0.324 e. The zero-order valence-electron chi connectivity index (χ0n) is 12.4. The first kappa shape index (κ1) is 19.2. The van der Waals surface area contributed by atoms with Crippen LogP contribution in [0.1, 0.15) is 33.1 Å². The van der Waals surface area contributed by atoms with Gasteiger partial charge in [-0.05, 0) is 31.5 Å². The Kier molecular flexibility index (Phi) is 7.62. The molecule has 0 fully saturated rings. The molecule has 0 bridgehead atoms. The summed E-state index contributed by atoms with van der Waals surface area (Å²) in [6.45, 7) is 3.79. The molecule has 1 rings (SSSR count). The minimum Gasteiger partial charge on any atom is -0.465 e. The molecule has 0 aliphatic carbocycles. The predicted molar refractivity (Wildman–Crippen MR) is 86.7 cm³/mol. The highest BCUT2D eigenvalue weighted by Gasteiger charge is 2.27. The van der Waals surface area contributed by atoms with E-state index in [4.69, 9.17) is 27.9 Å². The molecule has 5 nitrogen and oxygen atoms in total. The monoisotopic (exact) mass is 367 g/mol. The molecule has 0 aliphatic rings. The van der Waals surface area contributed by atoms with E-state index >= 15 is 0 Å². The maximum absolute atomic E-state index is 12.4. The number of rotatable bonds is 8. The molecule has 1 aromatic carbocycles. The molecular weight excluding hydrogens is 349 g/mol.